The van der Waals surface area contributed by atoms with E-state index in [4.69, 9.17) is 4.74 Å². The number of ether oxygens (including phenoxy) is 1. The number of rotatable bonds is 10. The maximum Gasteiger partial charge on any atom is 0.233 e. The van der Waals surface area contributed by atoms with Crippen LogP contribution in [-0.2, 0) is 16.1 Å². The molecule has 2 aromatic carbocycles. The lowest BCUT2D eigenvalue weighted by Gasteiger charge is -2.22. The fraction of sp³-hybridized carbons (Fsp3) is 0.231. The fourth-order valence-corrected chi connectivity index (χ4v) is 4.44. The number of hydrogen-bond acceptors (Lipinski definition) is 6. The molecule has 0 aliphatic heterocycles. The summed E-state index contributed by atoms with van der Waals surface area (Å²) < 4.78 is 7.23. The highest BCUT2D eigenvalue weighted by Crippen LogP contribution is 2.29. The molecule has 174 valence electrons. The van der Waals surface area contributed by atoms with Crippen LogP contribution in [-0.4, -0.2) is 56.6 Å². The highest BCUT2D eigenvalue weighted by atomic mass is 32.2. The Bertz CT molecular complexity index is 1210. The summed E-state index contributed by atoms with van der Waals surface area (Å²) in [6.45, 7) is 3.59. The number of carbonyl (C=O) groups excluding carboxylic acids is 1. The zero-order valence-electron chi connectivity index (χ0n) is 19.3. The number of pyridine rings is 1. The van der Waals surface area contributed by atoms with Crippen LogP contribution in [0, 0.1) is 6.92 Å². The third-order valence-electron chi connectivity index (χ3n) is 5.37. The lowest BCUT2D eigenvalue weighted by molar-refractivity contribution is -0.129. The van der Waals surface area contributed by atoms with Crippen molar-refractivity contribution in [2.45, 2.75) is 18.6 Å². The first kappa shape index (κ1) is 23.7. The van der Waals surface area contributed by atoms with Gasteiger partial charge >= 0.3 is 0 Å². The second-order valence-corrected chi connectivity index (χ2v) is 8.69. The molecule has 2 aromatic heterocycles. The van der Waals surface area contributed by atoms with Gasteiger partial charge in [-0.1, -0.05) is 60.3 Å². The Morgan fingerprint density at radius 1 is 1.03 bits per heavy atom. The van der Waals surface area contributed by atoms with E-state index in [2.05, 4.69) is 15.2 Å². The third kappa shape index (κ3) is 5.70. The molecule has 0 N–H and O–H groups in total. The summed E-state index contributed by atoms with van der Waals surface area (Å²) in [4.78, 5) is 19.3. The molecule has 0 atom stereocenters. The fourth-order valence-electron chi connectivity index (χ4n) is 3.59. The van der Waals surface area contributed by atoms with Crippen molar-refractivity contribution in [3.05, 3.63) is 90.3 Å². The molecule has 0 spiro atoms. The van der Waals surface area contributed by atoms with E-state index in [1.54, 1.807) is 19.5 Å². The predicted octanol–water partition coefficient (Wildman–Crippen LogP) is 4.41. The first-order valence-corrected chi connectivity index (χ1v) is 12.0. The highest BCUT2D eigenvalue weighted by molar-refractivity contribution is 7.99. The molecule has 7 nitrogen and oxygen atoms in total. The van der Waals surface area contributed by atoms with E-state index in [1.165, 1.54) is 11.8 Å². The Kier molecular flexibility index (Phi) is 8.06. The van der Waals surface area contributed by atoms with Gasteiger partial charge in [0.05, 0.1) is 18.0 Å². The summed E-state index contributed by atoms with van der Waals surface area (Å²) in [7, 11) is 1.64. The van der Waals surface area contributed by atoms with Crippen molar-refractivity contribution < 1.29 is 9.53 Å². The van der Waals surface area contributed by atoms with Crippen LogP contribution in [0.1, 0.15) is 11.1 Å². The number of hydrogen-bond donors (Lipinski definition) is 0. The van der Waals surface area contributed by atoms with Crippen LogP contribution >= 0.6 is 11.8 Å². The quantitative estimate of drug-likeness (QED) is 0.318. The summed E-state index contributed by atoms with van der Waals surface area (Å²) >= 11 is 1.38. The average molecular weight is 474 g/mol. The minimum Gasteiger partial charge on any atom is -0.383 e. The number of methoxy groups -OCH3 is 1. The number of amides is 1. The molecule has 0 unspecified atom stereocenters. The monoisotopic (exact) mass is 473 g/mol. The number of nitrogens with zero attached hydrogens (tertiary/aromatic N) is 5. The van der Waals surface area contributed by atoms with E-state index in [-0.39, 0.29) is 11.7 Å². The number of benzene rings is 2. The molecule has 0 aliphatic carbocycles. The Labute approximate surface area is 203 Å². The summed E-state index contributed by atoms with van der Waals surface area (Å²) in [5, 5.41) is 9.55. The minimum absolute atomic E-state index is 0.0214. The average Bonchev–Trinajstić information content (AvgIpc) is 3.30. The van der Waals surface area contributed by atoms with Gasteiger partial charge in [0.25, 0.3) is 0 Å². The minimum atomic E-state index is 0.0214. The normalized spacial score (nSPS) is 10.9. The molecule has 4 aromatic rings. The summed E-state index contributed by atoms with van der Waals surface area (Å²) in [5.41, 5.74) is 4.01. The van der Waals surface area contributed by atoms with Crippen LogP contribution in [0.2, 0.25) is 0 Å². The number of para-hydroxylation sites is 1. The summed E-state index contributed by atoms with van der Waals surface area (Å²) in [6, 6.07) is 21.9. The standard InChI is InChI=1S/C26H27N5O2S/c1-20-9-6-7-13-23(20)31-25(22-12-8-14-27-17-22)28-29-26(31)34-19-24(32)30(15-16-33-2)18-21-10-4-3-5-11-21/h3-14,17H,15-16,18-19H2,1-2H3. The van der Waals surface area contributed by atoms with Crippen LogP contribution in [0.15, 0.2) is 84.3 Å². The van der Waals surface area contributed by atoms with E-state index >= 15 is 0 Å². The smallest absolute Gasteiger partial charge is 0.233 e. The second kappa shape index (κ2) is 11.6. The molecule has 4 rings (SSSR count). The first-order valence-electron chi connectivity index (χ1n) is 11.0. The number of thioether (sulfide) groups is 1. The van der Waals surface area contributed by atoms with Crippen molar-refractivity contribution in [2.75, 3.05) is 26.0 Å². The van der Waals surface area contributed by atoms with Gasteiger partial charge in [0.15, 0.2) is 11.0 Å². The number of carbonyl (C=O) groups is 1. The zero-order valence-corrected chi connectivity index (χ0v) is 20.1. The van der Waals surface area contributed by atoms with Crippen LogP contribution in [0.5, 0.6) is 0 Å². The Hall–Kier alpha value is -3.49. The van der Waals surface area contributed by atoms with Crippen molar-refractivity contribution in [2.24, 2.45) is 0 Å². The molecule has 0 radical (unpaired) electrons. The maximum absolute atomic E-state index is 13.2. The Morgan fingerprint density at radius 3 is 2.56 bits per heavy atom. The van der Waals surface area contributed by atoms with Crippen molar-refractivity contribution in [1.82, 2.24) is 24.6 Å². The number of aryl methyl sites for hydroxylation is 1. The van der Waals surface area contributed by atoms with Gasteiger partial charge in [0.2, 0.25) is 5.91 Å². The third-order valence-corrected chi connectivity index (χ3v) is 6.28. The molecule has 0 fully saturated rings. The predicted molar refractivity (Wildman–Crippen MR) is 134 cm³/mol. The molecule has 0 bridgehead atoms. The summed E-state index contributed by atoms with van der Waals surface area (Å²) in [6.07, 6.45) is 3.50. The van der Waals surface area contributed by atoms with Gasteiger partial charge in [0.1, 0.15) is 0 Å². The van der Waals surface area contributed by atoms with Gasteiger partial charge < -0.3 is 9.64 Å². The summed E-state index contributed by atoms with van der Waals surface area (Å²) in [5.74, 6) is 0.958. The van der Waals surface area contributed by atoms with Crippen molar-refractivity contribution in [3.63, 3.8) is 0 Å². The molecule has 0 saturated carbocycles. The Morgan fingerprint density at radius 2 is 1.82 bits per heavy atom. The van der Waals surface area contributed by atoms with Gasteiger partial charge in [-0.25, -0.2) is 0 Å². The molecule has 0 saturated heterocycles. The van der Waals surface area contributed by atoms with Gasteiger partial charge in [-0.2, -0.15) is 0 Å². The van der Waals surface area contributed by atoms with E-state index in [0.717, 1.165) is 22.4 Å². The van der Waals surface area contributed by atoms with Gasteiger partial charge in [0, 0.05) is 38.2 Å². The van der Waals surface area contributed by atoms with E-state index in [1.807, 2.05) is 83.1 Å². The van der Waals surface area contributed by atoms with Crippen LogP contribution in [0.4, 0.5) is 0 Å². The lowest BCUT2D eigenvalue weighted by Crippen LogP contribution is -2.34. The van der Waals surface area contributed by atoms with E-state index in [9.17, 15) is 4.79 Å². The molecule has 8 heteroatoms. The molecule has 1 amide bonds. The van der Waals surface area contributed by atoms with Crippen LogP contribution < -0.4 is 0 Å². The molecular weight excluding hydrogens is 446 g/mol. The van der Waals surface area contributed by atoms with Gasteiger partial charge in [-0.15, -0.1) is 10.2 Å². The van der Waals surface area contributed by atoms with Crippen LogP contribution in [0.3, 0.4) is 0 Å². The second-order valence-electron chi connectivity index (χ2n) is 7.75. The maximum atomic E-state index is 13.2. The van der Waals surface area contributed by atoms with E-state index < -0.39 is 0 Å². The lowest BCUT2D eigenvalue weighted by atomic mass is 10.2. The van der Waals surface area contributed by atoms with Gasteiger partial charge in [-0.05, 0) is 36.2 Å². The Balaban J connectivity index is 1.59. The first-order chi connectivity index (χ1) is 16.7. The van der Waals surface area contributed by atoms with Crippen molar-refractivity contribution in [1.29, 1.82) is 0 Å². The zero-order chi connectivity index (χ0) is 23.8. The number of aromatic nitrogens is 4. The van der Waals surface area contributed by atoms with Crippen LogP contribution in [0.25, 0.3) is 17.1 Å². The largest absolute Gasteiger partial charge is 0.383 e. The topological polar surface area (TPSA) is 73.1 Å². The SMILES string of the molecule is COCCN(Cc1ccccc1)C(=O)CSc1nnc(-c2cccnc2)n1-c1ccccc1C. The molecule has 0 aliphatic rings. The highest BCUT2D eigenvalue weighted by Gasteiger charge is 2.20. The van der Waals surface area contributed by atoms with Gasteiger partial charge in [-0.3, -0.25) is 14.3 Å². The molecular formula is C26H27N5O2S. The van der Waals surface area contributed by atoms with Crippen molar-refractivity contribution >= 4 is 17.7 Å². The van der Waals surface area contributed by atoms with E-state index in [0.29, 0.717) is 30.7 Å². The molecule has 2 heterocycles. The van der Waals surface area contributed by atoms with Crippen molar-refractivity contribution in [3.8, 4) is 17.1 Å². The molecule has 34 heavy (non-hydrogen) atoms.